The molecule has 0 saturated heterocycles. The molecule has 0 radical (unpaired) electrons. The van der Waals surface area contributed by atoms with E-state index in [0.717, 1.165) is 6.92 Å². The number of hydrogen-bond donors (Lipinski definition) is 0. The van der Waals surface area contributed by atoms with Crippen LogP contribution in [-0.4, -0.2) is 11.3 Å². The summed E-state index contributed by atoms with van der Waals surface area (Å²) >= 11 is 0. The van der Waals surface area contributed by atoms with Crippen LogP contribution >= 0.6 is 0 Å². The zero-order valence-electron chi connectivity index (χ0n) is 4.28. The van der Waals surface area contributed by atoms with Crippen LogP contribution in [0.25, 0.3) is 0 Å². The molecule has 9 heavy (non-hydrogen) atoms. The molecule has 0 heterocycles. The van der Waals surface area contributed by atoms with Crippen molar-refractivity contribution < 1.29 is 33.2 Å². The van der Waals surface area contributed by atoms with Gasteiger partial charge in [-0.05, 0) is 6.92 Å². The zero-order chi connectivity index (χ0) is 8.08. The fourth-order valence-electron chi connectivity index (χ4n) is 0. The third-order valence-corrected chi connectivity index (χ3v) is 0. The van der Waals surface area contributed by atoms with Gasteiger partial charge in [-0.15, -0.1) is 0 Å². The van der Waals surface area contributed by atoms with Gasteiger partial charge < -0.3 is 9.90 Å². The number of carbonyl (C=O) groups is 1. The predicted octanol–water partition coefficient (Wildman–Crippen LogP) is 0.0974. The van der Waals surface area contributed by atoms with Gasteiger partial charge in [0.25, 0.3) is 0 Å². The molecule has 0 atom stereocenters. The van der Waals surface area contributed by atoms with Crippen LogP contribution in [0.1, 0.15) is 6.92 Å². The van der Waals surface area contributed by atoms with Gasteiger partial charge >= 0.3 is 5.37 Å². The highest BCUT2D eigenvalue weighted by Gasteiger charge is 2.30. The Morgan fingerprint density at radius 2 is 1.33 bits per heavy atom. The first kappa shape index (κ1) is 11.0. The van der Waals surface area contributed by atoms with Crippen molar-refractivity contribution in [1.29, 1.82) is 0 Å². The summed E-state index contributed by atoms with van der Waals surface area (Å²) in [5.41, 5.74) is 0. The van der Waals surface area contributed by atoms with E-state index in [2.05, 4.69) is 0 Å². The SMILES string of the molecule is CC(=O)[O-].F[N+](F)(F)F. The van der Waals surface area contributed by atoms with E-state index < -0.39 is 11.3 Å². The molecular weight excluding hydrogens is 146 g/mol. The summed E-state index contributed by atoms with van der Waals surface area (Å²) in [6.07, 6.45) is 0. The Kier molecular flexibility index (Phi) is 4.98. The van der Waals surface area contributed by atoms with Gasteiger partial charge in [0.05, 0.1) is 0 Å². The smallest absolute Gasteiger partial charge is 0.440 e. The fourth-order valence-corrected chi connectivity index (χ4v) is 0. The first-order valence-electron chi connectivity index (χ1n) is 1.58. The molecule has 0 fully saturated rings. The summed E-state index contributed by atoms with van der Waals surface area (Å²) in [4.78, 5) is 8.89. The summed E-state index contributed by atoms with van der Waals surface area (Å²) in [5, 5.41) is 3.89. The lowest BCUT2D eigenvalue weighted by atomic mass is 10.9. The minimum absolute atomic E-state index is 0.972. The number of nitrogens with zero attached hydrogens (tertiary/aromatic N) is 1. The number of carboxylic acids is 1. The molecule has 0 N–H and O–H groups in total. The summed E-state index contributed by atoms with van der Waals surface area (Å²) in [6, 6.07) is 0. The van der Waals surface area contributed by atoms with Crippen molar-refractivity contribution in [2.45, 2.75) is 6.92 Å². The molecule has 56 valence electrons. The van der Waals surface area contributed by atoms with Crippen LogP contribution in [0.15, 0.2) is 0 Å². The van der Waals surface area contributed by atoms with Crippen molar-refractivity contribution in [2.24, 2.45) is 0 Å². The molecule has 3 nitrogen and oxygen atoms in total. The second-order valence-corrected chi connectivity index (χ2v) is 0.875. The molecule has 0 aromatic rings. The van der Waals surface area contributed by atoms with E-state index in [-0.39, 0.29) is 0 Å². The molecule has 0 aromatic carbocycles. The van der Waals surface area contributed by atoms with Gasteiger partial charge in [-0.2, -0.15) is 0 Å². The number of carboxylic acid groups (broad SMARTS) is 1. The molecule has 7 heteroatoms. The van der Waals surface area contributed by atoms with Crippen LogP contribution in [0.4, 0.5) is 17.9 Å². The maximum atomic E-state index is 9.62. The second-order valence-electron chi connectivity index (χ2n) is 0.875. The summed E-state index contributed by atoms with van der Waals surface area (Å²) in [5.74, 6) is -1.08. The highest BCUT2D eigenvalue weighted by Crippen LogP contribution is 2.08. The number of rotatable bonds is 0. The van der Waals surface area contributed by atoms with E-state index in [0.29, 0.717) is 0 Å². The van der Waals surface area contributed by atoms with Crippen LogP contribution < -0.4 is 5.11 Å². The molecule has 0 rings (SSSR count). The topological polar surface area (TPSA) is 40.1 Å². The fraction of sp³-hybridized carbons (Fsp3) is 0.500. The maximum absolute atomic E-state index is 9.62. The highest BCUT2D eigenvalue weighted by atomic mass is 19.7. The molecule has 0 aliphatic heterocycles. The molecule has 0 bridgehead atoms. The average molecular weight is 149 g/mol. The molecular formula is C2H3F4NO2. The lowest BCUT2D eigenvalue weighted by Gasteiger charge is -1.77. The van der Waals surface area contributed by atoms with E-state index in [9.17, 15) is 17.9 Å². The van der Waals surface area contributed by atoms with Crippen LogP contribution in [-0.2, 0) is 4.79 Å². The van der Waals surface area contributed by atoms with Crippen molar-refractivity contribution >= 4 is 5.97 Å². The van der Waals surface area contributed by atoms with Gasteiger partial charge in [0.2, 0.25) is 0 Å². The maximum Gasteiger partial charge on any atom is 0.440 e. The van der Waals surface area contributed by atoms with E-state index in [1.54, 1.807) is 0 Å². The van der Waals surface area contributed by atoms with Crippen molar-refractivity contribution in [2.75, 3.05) is 0 Å². The standard InChI is InChI=1S/C2H4O2.F4N/c1-2(3)4;1-5(2,3)4/h1H3,(H,3,4);/q;+1/p-1. The molecule has 0 aromatic heterocycles. The Balaban J connectivity index is 0. The summed E-state index contributed by atoms with van der Waals surface area (Å²) < 4.78 is 38.5. The Morgan fingerprint density at radius 3 is 1.33 bits per heavy atom. The zero-order valence-corrected chi connectivity index (χ0v) is 4.28. The monoisotopic (exact) mass is 149 g/mol. The lowest BCUT2D eigenvalue weighted by molar-refractivity contribution is -1.36. The van der Waals surface area contributed by atoms with E-state index >= 15 is 0 Å². The van der Waals surface area contributed by atoms with Gasteiger partial charge in [0.15, 0.2) is 0 Å². The Labute approximate surface area is 47.4 Å². The number of halogens is 4. The Bertz CT molecular complexity index is 79.1. The van der Waals surface area contributed by atoms with Gasteiger partial charge in [-0.3, -0.25) is 0 Å². The van der Waals surface area contributed by atoms with Gasteiger partial charge in [-0.1, -0.05) is 0 Å². The van der Waals surface area contributed by atoms with E-state index in [4.69, 9.17) is 9.90 Å². The Morgan fingerprint density at radius 1 is 1.33 bits per heavy atom. The lowest BCUT2D eigenvalue weighted by Crippen LogP contribution is -2.16. The van der Waals surface area contributed by atoms with Crippen LogP contribution in [0.5, 0.6) is 0 Å². The normalized spacial score (nSPS) is 9.44. The van der Waals surface area contributed by atoms with Crippen LogP contribution in [0.2, 0.25) is 0 Å². The van der Waals surface area contributed by atoms with Crippen molar-refractivity contribution in [3.63, 3.8) is 0 Å². The van der Waals surface area contributed by atoms with Crippen molar-refractivity contribution in [3.05, 3.63) is 0 Å². The quantitative estimate of drug-likeness (QED) is 0.362. The first-order valence-corrected chi connectivity index (χ1v) is 1.58. The molecule has 0 amide bonds. The third kappa shape index (κ3) is 262. The molecule has 0 aliphatic carbocycles. The minimum atomic E-state index is -5.00. The van der Waals surface area contributed by atoms with E-state index in [1.165, 1.54) is 0 Å². The first-order chi connectivity index (χ1) is 3.73. The third-order valence-electron chi connectivity index (χ3n) is 0. The predicted molar refractivity (Wildman–Crippen MR) is 15.4 cm³/mol. The summed E-state index contributed by atoms with van der Waals surface area (Å²) in [6.45, 7) is 0.972. The van der Waals surface area contributed by atoms with Crippen molar-refractivity contribution in [1.82, 2.24) is 0 Å². The average Bonchev–Trinajstić information content (AvgIpc) is 1.19. The number of carbonyl (C=O) groups excluding carboxylic acids is 1. The highest BCUT2D eigenvalue weighted by molar-refractivity contribution is 5.60. The minimum Gasteiger partial charge on any atom is -0.550 e. The molecule has 0 saturated carbocycles. The van der Waals surface area contributed by atoms with Crippen molar-refractivity contribution in [3.8, 4) is 0 Å². The summed E-state index contributed by atoms with van der Waals surface area (Å²) in [7, 11) is 0. The van der Waals surface area contributed by atoms with Gasteiger partial charge in [-0.25, -0.2) is 0 Å². The number of aliphatic carboxylic acids is 1. The largest absolute Gasteiger partial charge is 0.550 e. The van der Waals surface area contributed by atoms with Crippen LogP contribution in [0.3, 0.4) is 0 Å². The molecule has 0 aliphatic rings. The van der Waals surface area contributed by atoms with Gasteiger partial charge in [0.1, 0.15) is 17.9 Å². The van der Waals surface area contributed by atoms with E-state index in [1.807, 2.05) is 0 Å². The second kappa shape index (κ2) is 4.07. The number of quaternary nitrogens is 1. The van der Waals surface area contributed by atoms with Crippen LogP contribution in [0, 0.1) is 0 Å². The van der Waals surface area contributed by atoms with Gasteiger partial charge in [0, 0.05) is 5.97 Å². The Hall–Kier alpha value is -0.850. The number of hydrogen-bond acceptors (Lipinski definition) is 2. The molecule has 0 unspecified atom stereocenters. The molecule has 0 spiro atoms.